The van der Waals surface area contributed by atoms with Crippen molar-refractivity contribution in [2.75, 3.05) is 39.6 Å². The molecule has 0 amide bonds. The van der Waals surface area contributed by atoms with E-state index in [2.05, 4.69) is 51.8 Å². The summed E-state index contributed by atoms with van der Waals surface area (Å²) < 4.78 is 1.05. The Labute approximate surface area is 187 Å². The summed E-state index contributed by atoms with van der Waals surface area (Å²) in [4.78, 5) is 2.57. The standard InChI is InChI=1S/C24H55N6/c1-7-22(25,8-2)13-16-29-19-28-20-30(21-29,17-14-23(26,9-3)10-4)18-15-24(27,11-5)12-6/h28H,7-21,25-27H2,1-6H3/q+1. The molecule has 1 aliphatic rings. The van der Waals surface area contributed by atoms with Crippen molar-refractivity contribution >= 4 is 0 Å². The van der Waals surface area contributed by atoms with Gasteiger partial charge in [-0.05, 0) is 44.9 Å². The molecule has 1 fully saturated rings. The van der Waals surface area contributed by atoms with Gasteiger partial charge < -0.3 is 17.2 Å². The second-order valence-electron chi connectivity index (χ2n) is 10.3. The molecule has 0 aromatic heterocycles. The Bertz CT molecular complexity index is 446. The van der Waals surface area contributed by atoms with Crippen molar-refractivity contribution in [2.45, 2.75) is 116 Å². The third kappa shape index (κ3) is 8.03. The molecule has 0 radical (unpaired) electrons. The zero-order chi connectivity index (χ0) is 22.9. The number of nitrogens with two attached hydrogens (primary N) is 3. The molecule has 1 aliphatic heterocycles. The predicted molar refractivity (Wildman–Crippen MR) is 131 cm³/mol. The first-order chi connectivity index (χ1) is 14.1. The fraction of sp³-hybridized carbons (Fsp3) is 1.00. The van der Waals surface area contributed by atoms with Crippen LogP contribution in [0.1, 0.15) is 99.3 Å². The minimum Gasteiger partial charge on any atom is -0.325 e. The Balaban J connectivity index is 2.92. The fourth-order valence-corrected chi connectivity index (χ4v) is 4.64. The second-order valence-corrected chi connectivity index (χ2v) is 10.3. The van der Waals surface area contributed by atoms with E-state index in [0.717, 1.165) is 102 Å². The molecule has 0 aromatic carbocycles. The first-order valence-electron chi connectivity index (χ1n) is 12.7. The van der Waals surface area contributed by atoms with Crippen LogP contribution in [-0.4, -0.2) is 65.6 Å². The van der Waals surface area contributed by atoms with E-state index in [-0.39, 0.29) is 16.6 Å². The number of hydrogen-bond donors (Lipinski definition) is 4. The van der Waals surface area contributed by atoms with Gasteiger partial charge in [0.05, 0.1) is 19.8 Å². The molecule has 6 heteroatoms. The number of rotatable bonds is 15. The molecule has 0 unspecified atom stereocenters. The van der Waals surface area contributed by atoms with Gasteiger partial charge in [0.15, 0.2) is 0 Å². The maximum Gasteiger partial charge on any atom is 0.137 e. The van der Waals surface area contributed by atoms with Gasteiger partial charge in [-0.15, -0.1) is 0 Å². The zero-order valence-corrected chi connectivity index (χ0v) is 21.2. The molecule has 0 atom stereocenters. The Morgan fingerprint density at radius 1 is 0.700 bits per heavy atom. The molecule has 0 bridgehead atoms. The van der Waals surface area contributed by atoms with Gasteiger partial charge in [0.2, 0.25) is 0 Å². The molecule has 0 aromatic rings. The van der Waals surface area contributed by atoms with Crippen molar-refractivity contribution in [1.29, 1.82) is 0 Å². The molecule has 180 valence electrons. The van der Waals surface area contributed by atoms with Crippen LogP contribution in [0.15, 0.2) is 0 Å². The van der Waals surface area contributed by atoms with Gasteiger partial charge in [0.25, 0.3) is 0 Å². The summed E-state index contributed by atoms with van der Waals surface area (Å²) in [6.45, 7) is 19.6. The van der Waals surface area contributed by atoms with Gasteiger partial charge in [0.1, 0.15) is 13.3 Å². The smallest absolute Gasteiger partial charge is 0.137 e. The largest absolute Gasteiger partial charge is 0.325 e. The third-order valence-electron chi connectivity index (χ3n) is 8.60. The van der Waals surface area contributed by atoms with E-state index in [1.165, 1.54) is 0 Å². The molecule has 0 aliphatic carbocycles. The highest BCUT2D eigenvalue weighted by Crippen LogP contribution is 2.26. The molecule has 7 N–H and O–H groups in total. The average Bonchev–Trinajstić information content (AvgIpc) is 2.80. The van der Waals surface area contributed by atoms with Crippen LogP contribution in [0, 0.1) is 0 Å². The van der Waals surface area contributed by atoms with E-state index in [9.17, 15) is 0 Å². The van der Waals surface area contributed by atoms with Crippen LogP contribution in [0.3, 0.4) is 0 Å². The SMILES string of the molecule is CCC(N)(CC)CCN1CNC[N+](CCC(N)(CC)CC)(CCC(N)(CC)CC)C1. The molecule has 1 heterocycles. The van der Waals surface area contributed by atoms with Crippen LogP contribution in [-0.2, 0) is 0 Å². The van der Waals surface area contributed by atoms with Crippen molar-refractivity contribution in [2.24, 2.45) is 17.2 Å². The van der Waals surface area contributed by atoms with Gasteiger partial charge in [-0.1, -0.05) is 41.5 Å². The molecule has 1 saturated heterocycles. The van der Waals surface area contributed by atoms with Gasteiger partial charge in [-0.3, -0.25) is 9.80 Å². The quantitative estimate of drug-likeness (QED) is 0.301. The van der Waals surface area contributed by atoms with Crippen LogP contribution in [0.4, 0.5) is 0 Å². The first-order valence-corrected chi connectivity index (χ1v) is 12.7. The predicted octanol–water partition coefficient (Wildman–Crippen LogP) is 3.30. The highest BCUT2D eigenvalue weighted by molar-refractivity contribution is 4.84. The van der Waals surface area contributed by atoms with E-state index in [4.69, 9.17) is 17.2 Å². The summed E-state index contributed by atoms with van der Waals surface area (Å²) in [6.07, 6.45) is 9.40. The van der Waals surface area contributed by atoms with Gasteiger partial charge in [0, 0.05) is 36.0 Å². The summed E-state index contributed by atoms with van der Waals surface area (Å²) in [5.41, 5.74) is 19.9. The highest BCUT2D eigenvalue weighted by Gasteiger charge is 2.38. The zero-order valence-electron chi connectivity index (χ0n) is 21.2. The maximum atomic E-state index is 6.71. The summed E-state index contributed by atoms with van der Waals surface area (Å²) >= 11 is 0. The summed E-state index contributed by atoms with van der Waals surface area (Å²) in [6, 6.07) is 0. The van der Waals surface area contributed by atoms with Crippen molar-refractivity contribution in [1.82, 2.24) is 10.2 Å². The van der Waals surface area contributed by atoms with Crippen LogP contribution >= 0.6 is 0 Å². The van der Waals surface area contributed by atoms with Crippen LogP contribution in [0.25, 0.3) is 0 Å². The second kappa shape index (κ2) is 12.1. The van der Waals surface area contributed by atoms with Gasteiger partial charge in [-0.25, -0.2) is 4.90 Å². The molecule has 0 spiro atoms. The minimum absolute atomic E-state index is 0.0409. The lowest BCUT2D eigenvalue weighted by atomic mass is 9.88. The van der Waals surface area contributed by atoms with E-state index < -0.39 is 0 Å². The lowest BCUT2D eigenvalue weighted by Crippen LogP contribution is -2.67. The van der Waals surface area contributed by atoms with E-state index in [1.54, 1.807) is 0 Å². The Kier molecular flexibility index (Phi) is 11.2. The summed E-state index contributed by atoms with van der Waals surface area (Å²) in [7, 11) is 0. The van der Waals surface area contributed by atoms with E-state index in [1.807, 2.05) is 0 Å². The van der Waals surface area contributed by atoms with Crippen molar-refractivity contribution < 1.29 is 4.48 Å². The Hall–Kier alpha value is -0.240. The number of nitrogens with one attached hydrogen (secondary N) is 1. The topological polar surface area (TPSA) is 93.3 Å². The number of hydrogen-bond acceptors (Lipinski definition) is 5. The summed E-state index contributed by atoms with van der Waals surface area (Å²) in [5.74, 6) is 0. The molecular formula is C24H55N6+. The van der Waals surface area contributed by atoms with Gasteiger partial charge >= 0.3 is 0 Å². The highest BCUT2D eigenvalue weighted by atomic mass is 15.5. The summed E-state index contributed by atoms with van der Waals surface area (Å²) in [5, 5.41) is 3.72. The monoisotopic (exact) mass is 427 g/mol. The normalized spacial score (nSPS) is 18.7. The van der Waals surface area contributed by atoms with Crippen LogP contribution < -0.4 is 22.5 Å². The van der Waals surface area contributed by atoms with Crippen molar-refractivity contribution in [3.8, 4) is 0 Å². The lowest BCUT2D eigenvalue weighted by molar-refractivity contribution is -0.946. The van der Waals surface area contributed by atoms with E-state index in [0.29, 0.717) is 0 Å². The molecule has 0 saturated carbocycles. The molecule has 6 nitrogen and oxygen atoms in total. The third-order valence-corrected chi connectivity index (χ3v) is 8.60. The van der Waals surface area contributed by atoms with Crippen LogP contribution in [0.2, 0.25) is 0 Å². The Morgan fingerprint density at radius 3 is 1.50 bits per heavy atom. The first kappa shape index (κ1) is 27.8. The van der Waals surface area contributed by atoms with Crippen molar-refractivity contribution in [3.63, 3.8) is 0 Å². The molecule has 30 heavy (non-hydrogen) atoms. The lowest BCUT2D eigenvalue weighted by Gasteiger charge is -2.48. The maximum absolute atomic E-state index is 6.71. The van der Waals surface area contributed by atoms with E-state index >= 15 is 0 Å². The number of nitrogens with zero attached hydrogens (tertiary/aromatic N) is 2. The van der Waals surface area contributed by atoms with Crippen LogP contribution in [0.5, 0.6) is 0 Å². The number of quaternary nitrogens is 1. The fourth-order valence-electron chi connectivity index (χ4n) is 4.64. The van der Waals surface area contributed by atoms with Crippen molar-refractivity contribution in [3.05, 3.63) is 0 Å². The Morgan fingerprint density at radius 2 is 1.10 bits per heavy atom. The molecular weight excluding hydrogens is 372 g/mol. The molecule has 1 rings (SSSR count). The van der Waals surface area contributed by atoms with Gasteiger partial charge in [-0.2, -0.15) is 0 Å². The minimum atomic E-state index is -0.0559. The average molecular weight is 428 g/mol.